The molecule has 1 amide bonds. The van der Waals surface area contributed by atoms with Gasteiger partial charge in [-0.1, -0.05) is 13.0 Å². The average molecular weight is 330 g/mol. The van der Waals surface area contributed by atoms with Crippen LogP contribution >= 0.6 is 0 Å². The Balaban J connectivity index is 2.03. The zero-order valence-corrected chi connectivity index (χ0v) is 13.5. The number of carbonyl (C=O) groups is 1. The third kappa shape index (κ3) is 3.83. The topological polar surface area (TPSA) is 107 Å². The number of hydrogen-bond donors (Lipinski definition) is 1. The second kappa shape index (κ2) is 7.49. The van der Waals surface area contributed by atoms with Gasteiger partial charge < -0.3 is 5.32 Å². The van der Waals surface area contributed by atoms with Crippen LogP contribution < -0.4 is 10.9 Å². The van der Waals surface area contributed by atoms with E-state index < -0.39 is 10.8 Å². The molecule has 0 spiro atoms. The number of benzene rings is 1. The van der Waals surface area contributed by atoms with Crippen LogP contribution in [0, 0.1) is 17.0 Å². The molecule has 0 aliphatic rings. The molecule has 0 atom stereocenters. The van der Waals surface area contributed by atoms with Crippen LogP contribution in [0.2, 0.25) is 0 Å². The van der Waals surface area contributed by atoms with Crippen molar-refractivity contribution in [3.05, 3.63) is 67.9 Å². The van der Waals surface area contributed by atoms with E-state index in [1.54, 1.807) is 0 Å². The minimum absolute atomic E-state index is 0.0989. The van der Waals surface area contributed by atoms with Crippen LogP contribution in [-0.4, -0.2) is 26.9 Å². The van der Waals surface area contributed by atoms with E-state index in [4.69, 9.17) is 0 Å². The standard InChI is InChI=1S/C16H18N4O4/c1-3-12-9-15(21)19(10-18-12)8-7-17-16(22)13-5-4-6-14(11(13)2)20(23)24/h4-6,9-10H,3,7-8H2,1-2H3,(H,17,22). The predicted molar refractivity (Wildman–Crippen MR) is 88.0 cm³/mol. The maximum absolute atomic E-state index is 12.2. The van der Waals surface area contributed by atoms with Crippen LogP contribution in [0.25, 0.3) is 0 Å². The summed E-state index contributed by atoms with van der Waals surface area (Å²) in [6.07, 6.45) is 2.13. The molecular formula is C16H18N4O4. The first kappa shape index (κ1) is 17.3. The molecule has 0 bridgehead atoms. The van der Waals surface area contributed by atoms with Gasteiger partial charge in [-0.25, -0.2) is 4.98 Å². The molecule has 1 heterocycles. The molecule has 2 aromatic rings. The lowest BCUT2D eigenvalue weighted by Crippen LogP contribution is -2.31. The van der Waals surface area contributed by atoms with E-state index in [-0.39, 0.29) is 29.9 Å². The molecule has 1 aromatic heterocycles. The number of rotatable bonds is 6. The van der Waals surface area contributed by atoms with Gasteiger partial charge in [-0.05, 0) is 19.4 Å². The van der Waals surface area contributed by atoms with Crippen LogP contribution in [0.3, 0.4) is 0 Å². The zero-order valence-electron chi connectivity index (χ0n) is 13.5. The number of nitrogens with one attached hydrogen (secondary N) is 1. The lowest BCUT2D eigenvalue weighted by molar-refractivity contribution is -0.385. The largest absolute Gasteiger partial charge is 0.350 e. The SMILES string of the molecule is CCc1cc(=O)n(CCNC(=O)c2cccc([N+](=O)[O-])c2C)cn1. The minimum atomic E-state index is -0.521. The summed E-state index contributed by atoms with van der Waals surface area (Å²) in [5.41, 5.74) is 0.996. The van der Waals surface area contributed by atoms with Crippen molar-refractivity contribution < 1.29 is 9.72 Å². The summed E-state index contributed by atoms with van der Waals surface area (Å²) in [6, 6.07) is 5.82. The summed E-state index contributed by atoms with van der Waals surface area (Å²) in [4.78, 5) is 38.6. The fourth-order valence-electron chi connectivity index (χ4n) is 2.28. The van der Waals surface area contributed by atoms with Gasteiger partial charge in [-0.2, -0.15) is 0 Å². The monoisotopic (exact) mass is 330 g/mol. The van der Waals surface area contributed by atoms with Gasteiger partial charge in [0.05, 0.1) is 11.3 Å². The maximum Gasteiger partial charge on any atom is 0.273 e. The summed E-state index contributed by atoms with van der Waals surface area (Å²) < 4.78 is 1.40. The predicted octanol–water partition coefficient (Wildman–Crippen LogP) is 1.45. The number of nitrogens with zero attached hydrogens (tertiary/aromatic N) is 3. The van der Waals surface area contributed by atoms with Gasteiger partial charge in [0.15, 0.2) is 0 Å². The number of hydrogen-bond acceptors (Lipinski definition) is 5. The molecule has 0 radical (unpaired) electrons. The zero-order chi connectivity index (χ0) is 17.7. The fourth-order valence-corrected chi connectivity index (χ4v) is 2.28. The summed E-state index contributed by atoms with van der Waals surface area (Å²) >= 11 is 0. The molecule has 126 valence electrons. The van der Waals surface area contributed by atoms with Crippen molar-refractivity contribution in [2.75, 3.05) is 6.54 Å². The molecule has 0 saturated carbocycles. The molecule has 24 heavy (non-hydrogen) atoms. The van der Waals surface area contributed by atoms with Gasteiger partial charge in [0.2, 0.25) is 0 Å². The van der Waals surface area contributed by atoms with Crippen molar-refractivity contribution in [1.29, 1.82) is 0 Å². The van der Waals surface area contributed by atoms with Gasteiger partial charge in [0.25, 0.3) is 17.2 Å². The number of carbonyl (C=O) groups excluding carboxylic acids is 1. The van der Waals surface area contributed by atoms with Gasteiger partial charge in [-0.3, -0.25) is 24.3 Å². The highest BCUT2D eigenvalue weighted by atomic mass is 16.6. The Morgan fingerprint density at radius 2 is 2.17 bits per heavy atom. The third-order valence-electron chi connectivity index (χ3n) is 3.68. The van der Waals surface area contributed by atoms with Gasteiger partial charge in [0.1, 0.15) is 0 Å². The van der Waals surface area contributed by atoms with Crippen molar-refractivity contribution in [3.63, 3.8) is 0 Å². The van der Waals surface area contributed by atoms with E-state index in [0.717, 1.165) is 0 Å². The molecule has 8 nitrogen and oxygen atoms in total. The second-order valence-corrected chi connectivity index (χ2v) is 5.23. The first-order chi connectivity index (χ1) is 11.4. The highest BCUT2D eigenvalue weighted by Crippen LogP contribution is 2.20. The van der Waals surface area contributed by atoms with E-state index in [1.807, 2.05) is 6.92 Å². The second-order valence-electron chi connectivity index (χ2n) is 5.23. The Bertz CT molecular complexity index is 829. The van der Waals surface area contributed by atoms with Crippen LogP contribution in [0.5, 0.6) is 0 Å². The Morgan fingerprint density at radius 3 is 2.79 bits per heavy atom. The number of nitro benzene ring substituents is 1. The van der Waals surface area contributed by atoms with Crippen molar-refractivity contribution in [3.8, 4) is 0 Å². The van der Waals surface area contributed by atoms with Gasteiger partial charge in [0, 0.05) is 42.0 Å². The van der Waals surface area contributed by atoms with Crippen LogP contribution in [-0.2, 0) is 13.0 Å². The third-order valence-corrected chi connectivity index (χ3v) is 3.68. The van der Waals surface area contributed by atoms with E-state index >= 15 is 0 Å². The van der Waals surface area contributed by atoms with Gasteiger partial charge in [-0.15, -0.1) is 0 Å². The number of amides is 1. The average Bonchev–Trinajstić information content (AvgIpc) is 2.56. The van der Waals surface area contributed by atoms with Crippen LogP contribution in [0.4, 0.5) is 5.69 Å². The van der Waals surface area contributed by atoms with E-state index in [0.29, 0.717) is 17.7 Å². The molecule has 0 aliphatic heterocycles. The molecule has 0 aliphatic carbocycles. The molecule has 0 saturated heterocycles. The Labute approximate surface area is 138 Å². The first-order valence-electron chi connectivity index (χ1n) is 7.51. The van der Waals surface area contributed by atoms with Crippen molar-refractivity contribution in [2.45, 2.75) is 26.8 Å². The minimum Gasteiger partial charge on any atom is -0.350 e. The maximum atomic E-state index is 12.2. The Kier molecular flexibility index (Phi) is 5.41. The van der Waals surface area contributed by atoms with Crippen molar-refractivity contribution in [1.82, 2.24) is 14.9 Å². The lowest BCUT2D eigenvalue weighted by Gasteiger charge is -2.09. The summed E-state index contributed by atoms with van der Waals surface area (Å²) in [5.74, 6) is -0.414. The van der Waals surface area contributed by atoms with Gasteiger partial charge >= 0.3 is 0 Å². The quantitative estimate of drug-likeness (QED) is 0.637. The molecular weight excluding hydrogens is 312 g/mol. The molecule has 1 N–H and O–H groups in total. The molecule has 0 unspecified atom stereocenters. The molecule has 8 heteroatoms. The van der Waals surface area contributed by atoms with Crippen LogP contribution in [0.15, 0.2) is 35.4 Å². The summed E-state index contributed by atoms with van der Waals surface area (Å²) in [7, 11) is 0. The van der Waals surface area contributed by atoms with E-state index in [2.05, 4.69) is 10.3 Å². The Hall–Kier alpha value is -3.03. The van der Waals surface area contributed by atoms with E-state index in [9.17, 15) is 19.7 Å². The summed E-state index contributed by atoms with van der Waals surface area (Å²) in [5, 5.41) is 13.6. The molecule has 0 fully saturated rings. The number of aryl methyl sites for hydroxylation is 1. The molecule has 2 rings (SSSR count). The highest BCUT2D eigenvalue weighted by molar-refractivity contribution is 5.96. The fraction of sp³-hybridized carbons (Fsp3) is 0.312. The van der Waals surface area contributed by atoms with Crippen molar-refractivity contribution >= 4 is 11.6 Å². The van der Waals surface area contributed by atoms with E-state index in [1.165, 1.54) is 42.1 Å². The lowest BCUT2D eigenvalue weighted by atomic mass is 10.1. The summed E-state index contributed by atoms with van der Waals surface area (Å²) in [6.45, 7) is 3.93. The smallest absolute Gasteiger partial charge is 0.273 e. The normalized spacial score (nSPS) is 10.4. The molecule has 1 aromatic carbocycles. The van der Waals surface area contributed by atoms with Crippen LogP contribution in [0.1, 0.15) is 28.5 Å². The highest BCUT2D eigenvalue weighted by Gasteiger charge is 2.17. The van der Waals surface area contributed by atoms with Crippen molar-refractivity contribution in [2.24, 2.45) is 0 Å². The Morgan fingerprint density at radius 1 is 1.42 bits per heavy atom. The first-order valence-corrected chi connectivity index (χ1v) is 7.51. The number of aromatic nitrogens is 2. The number of nitro groups is 1.